The third-order valence-corrected chi connectivity index (χ3v) is 5.30. The first-order valence-corrected chi connectivity index (χ1v) is 8.57. The van der Waals surface area contributed by atoms with E-state index < -0.39 is 11.8 Å². The van der Waals surface area contributed by atoms with Crippen molar-refractivity contribution in [3.05, 3.63) is 47.7 Å². The van der Waals surface area contributed by atoms with Crippen LogP contribution in [0, 0.1) is 0 Å². The monoisotopic (exact) mass is 359 g/mol. The number of ether oxygens (including phenoxy) is 1. The van der Waals surface area contributed by atoms with E-state index >= 15 is 0 Å². The summed E-state index contributed by atoms with van der Waals surface area (Å²) in [5.41, 5.74) is 1.44. The smallest absolute Gasteiger partial charge is 0.248 e. The van der Waals surface area contributed by atoms with Crippen LogP contribution in [0.15, 0.2) is 36.5 Å². The number of pyridine rings is 1. The van der Waals surface area contributed by atoms with Crippen LogP contribution in [-0.4, -0.2) is 31.0 Å². The molecule has 1 N–H and O–H groups in total. The lowest BCUT2D eigenvalue weighted by Gasteiger charge is -2.37. The summed E-state index contributed by atoms with van der Waals surface area (Å²) in [6, 6.07) is 8.88. The molecule has 5 nitrogen and oxygen atoms in total. The van der Waals surface area contributed by atoms with Crippen LogP contribution in [0.4, 0.5) is 26.0 Å². The summed E-state index contributed by atoms with van der Waals surface area (Å²) in [5, 5.41) is 3.22. The topological polar surface area (TPSA) is 54.5 Å². The van der Waals surface area contributed by atoms with Gasteiger partial charge < -0.3 is 15.0 Å². The first-order valence-electron chi connectivity index (χ1n) is 8.57. The molecule has 1 saturated heterocycles. The molecule has 0 aliphatic carbocycles. The van der Waals surface area contributed by atoms with E-state index in [1.54, 1.807) is 30.5 Å². The maximum absolute atomic E-state index is 14.0. The standard InChI is InChI=1S/C19H19F2N3O2/c20-18(21)19(5-8-26-9-6-19)14-3-4-15-16(10-14)24(12-25)11-13-2-1-7-22-17(13)23-15/h1-4,7,10,12,18H,5-6,8-9,11H2,(H,22,23). The van der Waals surface area contributed by atoms with Crippen LogP contribution in [0.25, 0.3) is 0 Å². The lowest BCUT2D eigenvalue weighted by atomic mass is 9.74. The quantitative estimate of drug-likeness (QED) is 0.851. The molecule has 26 heavy (non-hydrogen) atoms. The van der Waals surface area contributed by atoms with E-state index in [1.165, 1.54) is 4.90 Å². The molecule has 1 amide bonds. The van der Waals surface area contributed by atoms with Crippen molar-refractivity contribution in [1.29, 1.82) is 0 Å². The van der Waals surface area contributed by atoms with E-state index in [9.17, 15) is 13.6 Å². The van der Waals surface area contributed by atoms with Crippen molar-refractivity contribution in [2.45, 2.75) is 31.2 Å². The Bertz CT molecular complexity index is 822. The van der Waals surface area contributed by atoms with Crippen molar-refractivity contribution in [3.8, 4) is 0 Å². The van der Waals surface area contributed by atoms with Crippen molar-refractivity contribution < 1.29 is 18.3 Å². The van der Waals surface area contributed by atoms with Crippen molar-refractivity contribution in [2.75, 3.05) is 23.4 Å². The summed E-state index contributed by atoms with van der Waals surface area (Å²) in [6.07, 6.45) is 0.432. The second-order valence-electron chi connectivity index (χ2n) is 6.67. The van der Waals surface area contributed by atoms with Crippen molar-refractivity contribution in [1.82, 2.24) is 4.98 Å². The minimum atomic E-state index is -2.49. The third kappa shape index (κ3) is 2.72. The van der Waals surface area contributed by atoms with Crippen molar-refractivity contribution >= 4 is 23.6 Å². The van der Waals surface area contributed by atoms with Gasteiger partial charge in [-0.2, -0.15) is 0 Å². The number of carbonyl (C=O) groups is 1. The van der Waals surface area contributed by atoms with Crippen LogP contribution in [0.2, 0.25) is 0 Å². The number of fused-ring (bicyclic) bond motifs is 2. The van der Waals surface area contributed by atoms with Crippen LogP contribution in [0.1, 0.15) is 24.0 Å². The lowest BCUT2D eigenvalue weighted by Crippen LogP contribution is -2.40. The van der Waals surface area contributed by atoms with Gasteiger partial charge >= 0.3 is 0 Å². The zero-order valence-corrected chi connectivity index (χ0v) is 14.1. The summed E-state index contributed by atoms with van der Waals surface area (Å²) in [4.78, 5) is 17.5. The molecule has 0 radical (unpaired) electrons. The zero-order valence-electron chi connectivity index (χ0n) is 14.1. The Labute approximate surface area is 150 Å². The van der Waals surface area contributed by atoms with Gasteiger partial charge in [0.2, 0.25) is 12.8 Å². The van der Waals surface area contributed by atoms with Gasteiger partial charge in [-0.3, -0.25) is 4.79 Å². The average Bonchev–Trinajstić information content (AvgIpc) is 2.84. The number of anilines is 3. The molecule has 0 bridgehead atoms. The molecule has 0 saturated carbocycles. The van der Waals surface area contributed by atoms with E-state index in [1.807, 2.05) is 6.07 Å². The van der Waals surface area contributed by atoms with Crippen LogP contribution in [0.5, 0.6) is 0 Å². The van der Waals surface area contributed by atoms with Gasteiger partial charge in [0.15, 0.2) is 0 Å². The van der Waals surface area contributed by atoms with Crippen molar-refractivity contribution in [3.63, 3.8) is 0 Å². The van der Waals surface area contributed by atoms with Crippen LogP contribution >= 0.6 is 0 Å². The summed E-state index contributed by atoms with van der Waals surface area (Å²) in [5.74, 6) is 0.667. The van der Waals surface area contributed by atoms with Gasteiger partial charge in [0.25, 0.3) is 0 Å². The fourth-order valence-electron chi connectivity index (χ4n) is 3.72. The Kier molecular flexibility index (Phi) is 4.32. The molecule has 1 aromatic carbocycles. The van der Waals surface area contributed by atoms with E-state index in [0.717, 1.165) is 12.0 Å². The first-order chi connectivity index (χ1) is 12.6. The molecule has 2 aliphatic rings. The minimum absolute atomic E-state index is 0.264. The molecule has 0 spiro atoms. The molecule has 0 atom stereocenters. The number of alkyl halides is 2. The molecule has 2 aromatic rings. The summed E-state index contributed by atoms with van der Waals surface area (Å²) >= 11 is 0. The number of nitrogens with zero attached hydrogens (tertiary/aromatic N) is 2. The zero-order chi connectivity index (χ0) is 18.1. The Morgan fingerprint density at radius 3 is 2.81 bits per heavy atom. The minimum Gasteiger partial charge on any atom is -0.381 e. The normalized spacial score (nSPS) is 18.5. The highest BCUT2D eigenvalue weighted by atomic mass is 19.3. The number of nitrogens with one attached hydrogen (secondary N) is 1. The van der Waals surface area contributed by atoms with Gasteiger partial charge in [0.1, 0.15) is 5.82 Å². The predicted molar refractivity (Wildman–Crippen MR) is 93.9 cm³/mol. The predicted octanol–water partition coefficient (Wildman–Crippen LogP) is 3.61. The highest BCUT2D eigenvalue weighted by Gasteiger charge is 2.43. The number of carbonyl (C=O) groups excluding carboxylic acids is 1. The maximum atomic E-state index is 14.0. The van der Waals surface area contributed by atoms with Gasteiger partial charge in [-0.25, -0.2) is 13.8 Å². The highest BCUT2D eigenvalue weighted by Crippen LogP contribution is 2.44. The maximum Gasteiger partial charge on any atom is 0.248 e. The number of rotatable bonds is 3. The molecule has 1 aromatic heterocycles. The second kappa shape index (κ2) is 6.64. The fourth-order valence-corrected chi connectivity index (χ4v) is 3.72. The van der Waals surface area contributed by atoms with Crippen LogP contribution < -0.4 is 10.2 Å². The van der Waals surface area contributed by atoms with Crippen LogP contribution in [-0.2, 0) is 21.5 Å². The summed E-state index contributed by atoms with van der Waals surface area (Å²) < 4.78 is 33.3. The number of benzene rings is 1. The molecule has 1 fully saturated rings. The fraction of sp³-hybridized carbons (Fsp3) is 0.368. The summed E-state index contributed by atoms with van der Waals surface area (Å²) in [7, 11) is 0. The third-order valence-electron chi connectivity index (χ3n) is 5.30. The first kappa shape index (κ1) is 16.9. The SMILES string of the molecule is O=CN1Cc2cccnc2Nc2ccc(C3(C(F)F)CCOCC3)cc21. The van der Waals surface area contributed by atoms with E-state index in [0.29, 0.717) is 42.5 Å². The largest absolute Gasteiger partial charge is 0.381 e. The molecular formula is C19H19F2N3O2. The highest BCUT2D eigenvalue weighted by molar-refractivity contribution is 5.88. The van der Waals surface area contributed by atoms with E-state index in [-0.39, 0.29) is 12.8 Å². The number of hydrogen-bond donors (Lipinski definition) is 1. The molecule has 2 aliphatic heterocycles. The van der Waals surface area contributed by atoms with Gasteiger partial charge in [-0.05, 0) is 36.6 Å². The Hall–Kier alpha value is -2.54. The Balaban J connectivity index is 1.80. The molecule has 4 rings (SSSR count). The van der Waals surface area contributed by atoms with Crippen molar-refractivity contribution in [2.24, 2.45) is 0 Å². The van der Waals surface area contributed by atoms with E-state index in [2.05, 4.69) is 10.3 Å². The van der Waals surface area contributed by atoms with Gasteiger partial charge in [0.05, 0.1) is 23.3 Å². The van der Waals surface area contributed by atoms with Gasteiger partial charge in [-0.1, -0.05) is 12.1 Å². The lowest BCUT2D eigenvalue weighted by molar-refractivity contribution is -0.107. The molecule has 7 heteroatoms. The second-order valence-corrected chi connectivity index (χ2v) is 6.67. The molecule has 136 valence electrons. The molecule has 3 heterocycles. The molecule has 0 unspecified atom stereocenters. The van der Waals surface area contributed by atoms with E-state index in [4.69, 9.17) is 4.74 Å². The van der Waals surface area contributed by atoms with Gasteiger partial charge in [0, 0.05) is 25.0 Å². The van der Waals surface area contributed by atoms with Crippen LogP contribution in [0.3, 0.4) is 0 Å². The Morgan fingerprint density at radius 2 is 2.08 bits per heavy atom. The average molecular weight is 359 g/mol. The van der Waals surface area contributed by atoms with Gasteiger partial charge in [-0.15, -0.1) is 0 Å². The number of halogens is 2. The number of aromatic nitrogens is 1. The summed E-state index contributed by atoms with van der Waals surface area (Å²) in [6.45, 7) is 0.958. The Morgan fingerprint density at radius 1 is 1.27 bits per heavy atom. The number of amides is 1. The molecular weight excluding hydrogens is 340 g/mol. The number of hydrogen-bond acceptors (Lipinski definition) is 4.